The van der Waals surface area contributed by atoms with Crippen LogP contribution in [0, 0.1) is 19.3 Å². The number of hydrogen-bond donors (Lipinski definition) is 1. The molecular formula is C11H14N2. The molecule has 0 aliphatic rings. The average Bonchev–Trinajstić information content (AvgIpc) is 2.15. The number of aryl methyl sites for hydroxylation is 1. The number of nitrogens with two attached hydrogens (primary N) is 1. The quantitative estimate of drug-likeness (QED) is 0.710. The summed E-state index contributed by atoms with van der Waals surface area (Å²) in [6, 6.07) is 1.98. The Hall–Kier alpha value is -1.33. The van der Waals surface area contributed by atoms with Crippen LogP contribution in [0.4, 0.5) is 0 Å². The number of pyridine rings is 1. The van der Waals surface area contributed by atoms with Crippen molar-refractivity contribution in [3.8, 4) is 12.3 Å². The maximum Gasteiger partial charge on any atom is 0.0321 e. The van der Waals surface area contributed by atoms with Gasteiger partial charge in [0, 0.05) is 24.9 Å². The van der Waals surface area contributed by atoms with Crippen molar-refractivity contribution in [1.82, 2.24) is 4.98 Å². The highest BCUT2D eigenvalue weighted by atomic mass is 14.7. The second kappa shape index (κ2) is 4.64. The van der Waals surface area contributed by atoms with Gasteiger partial charge in [-0.05, 0) is 30.5 Å². The van der Waals surface area contributed by atoms with Crippen molar-refractivity contribution in [2.45, 2.75) is 25.8 Å². The van der Waals surface area contributed by atoms with Gasteiger partial charge in [0.2, 0.25) is 0 Å². The lowest BCUT2D eigenvalue weighted by atomic mass is 10.0. The van der Waals surface area contributed by atoms with E-state index in [2.05, 4.69) is 10.9 Å². The van der Waals surface area contributed by atoms with E-state index in [-0.39, 0.29) is 6.04 Å². The molecule has 0 bridgehead atoms. The van der Waals surface area contributed by atoms with E-state index < -0.39 is 0 Å². The summed E-state index contributed by atoms with van der Waals surface area (Å²) in [5, 5.41) is 0. The van der Waals surface area contributed by atoms with Crippen molar-refractivity contribution < 1.29 is 0 Å². The molecule has 1 atom stereocenters. The fourth-order valence-electron chi connectivity index (χ4n) is 1.26. The summed E-state index contributed by atoms with van der Waals surface area (Å²) >= 11 is 0. The predicted octanol–water partition coefficient (Wildman–Crippen LogP) is 1.80. The van der Waals surface area contributed by atoms with Crippen LogP contribution in [-0.2, 0) is 0 Å². The molecule has 1 unspecified atom stereocenters. The summed E-state index contributed by atoms with van der Waals surface area (Å²) in [7, 11) is 0. The summed E-state index contributed by atoms with van der Waals surface area (Å²) in [5.41, 5.74) is 8.22. The minimum Gasteiger partial charge on any atom is -0.324 e. The van der Waals surface area contributed by atoms with Crippen LogP contribution in [-0.4, -0.2) is 4.98 Å². The molecule has 1 aromatic rings. The van der Waals surface area contributed by atoms with Gasteiger partial charge >= 0.3 is 0 Å². The summed E-state index contributed by atoms with van der Waals surface area (Å²) < 4.78 is 0. The van der Waals surface area contributed by atoms with E-state index in [1.54, 1.807) is 6.20 Å². The van der Waals surface area contributed by atoms with E-state index in [0.717, 1.165) is 18.4 Å². The molecule has 1 rings (SSSR count). The first-order chi connectivity index (χ1) is 6.25. The van der Waals surface area contributed by atoms with Crippen molar-refractivity contribution in [2.75, 3.05) is 0 Å². The third-order valence-electron chi connectivity index (χ3n) is 2.08. The Labute approximate surface area is 79.2 Å². The average molecular weight is 174 g/mol. The van der Waals surface area contributed by atoms with Crippen LogP contribution < -0.4 is 5.73 Å². The van der Waals surface area contributed by atoms with Gasteiger partial charge in [-0.15, -0.1) is 12.3 Å². The Balaban J connectivity index is 2.72. The van der Waals surface area contributed by atoms with Gasteiger partial charge in [0.15, 0.2) is 0 Å². The molecule has 1 aromatic heterocycles. The highest BCUT2D eigenvalue weighted by Crippen LogP contribution is 2.17. The fraction of sp³-hybridized carbons (Fsp3) is 0.364. The third kappa shape index (κ3) is 2.57. The molecule has 1 heterocycles. The third-order valence-corrected chi connectivity index (χ3v) is 2.08. The Morgan fingerprint density at radius 3 is 3.08 bits per heavy atom. The van der Waals surface area contributed by atoms with Gasteiger partial charge in [-0.3, -0.25) is 4.98 Å². The molecule has 2 N–H and O–H groups in total. The van der Waals surface area contributed by atoms with Crippen LogP contribution in [0.1, 0.15) is 30.0 Å². The molecule has 0 amide bonds. The Morgan fingerprint density at radius 2 is 2.46 bits per heavy atom. The molecule has 13 heavy (non-hydrogen) atoms. The first-order valence-corrected chi connectivity index (χ1v) is 4.35. The zero-order valence-electron chi connectivity index (χ0n) is 7.83. The summed E-state index contributed by atoms with van der Waals surface area (Å²) in [6.45, 7) is 2.03. The fourth-order valence-corrected chi connectivity index (χ4v) is 1.26. The number of terminal acetylenes is 1. The van der Waals surface area contributed by atoms with Gasteiger partial charge in [-0.2, -0.15) is 0 Å². The molecule has 0 radical (unpaired) electrons. The van der Waals surface area contributed by atoms with E-state index in [9.17, 15) is 0 Å². The van der Waals surface area contributed by atoms with Crippen LogP contribution in [0.3, 0.4) is 0 Å². The van der Waals surface area contributed by atoms with E-state index in [0.29, 0.717) is 0 Å². The largest absolute Gasteiger partial charge is 0.324 e. The molecular weight excluding hydrogens is 160 g/mol. The number of nitrogens with zero attached hydrogens (tertiary/aromatic N) is 1. The lowest BCUT2D eigenvalue weighted by Crippen LogP contribution is -2.11. The minimum absolute atomic E-state index is 0.0183. The number of aromatic nitrogens is 1. The van der Waals surface area contributed by atoms with Crippen LogP contribution >= 0.6 is 0 Å². The molecule has 0 aliphatic heterocycles. The molecule has 0 aliphatic carbocycles. The Kier molecular flexibility index (Phi) is 3.48. The zero-order valence-corrected chi connectivity index (χ0v) is 7.83. The van der Waals surface area contributed by atoms with E-state index in [1.165, 1.54) is 5.56 Å². The summed E-state index contributed by atoms with van der Waals surface area (Å²) in [6.07, 6.45) is 10.3. The summed E-state index contributed by atoms with van der Waals surface area (Å²) in [4.78, 5) is 4.04. The first-order valence-electron chi connectivity index (χ1n) is 4.35. The topological polar surface area (TPSA) is 38.9 Å². The monoisotopic (exact) mass is 174 g/mol. The number of hydrogen-bond acceptors (Lipinski definition) is 2. The van der Waals surface area contributed by atoms with Crippen LogP contribution in [0.15, 0.2) is 18.5 Å². The minimum atomic E-state index is 0.0183. The van der Waals surface area contributed by atoms with E-state index in [4.69, 9.17) is 12.2 Å². The van der Waals surface area contributed by atoms with Gasteiger partial charge in [-0.25, -0.2) is 0 Å². The molecule has 0 spiro atoms. The molecule has 0 saturated heterocycles. The molecule has 2 heteroatoms. The van der Waals surface area contributed by atoms with Crippen molar-refractivity contribution in [3.63, 3.8) is 0 Å². The van der Waals surface area contributed by atoms with Crippen molar-refractivity contribution >= 4 is 0 Å². The lowest BCUT2D eigenvalue weighted by Gasteiger charge is -2.11. The highest BCUT2D eigenvalue weighted by Gasteiger charge is 2.07. The van der Waals surface area contributed by atoms with Crippen molar-refractivity contribution in [3.05, 3.63) is 29.6 Å². The van der Waals surface area contributed by atoms with Gasteiger partial charge in [0.05, 0.1) is 0 Å². The molecule has 0 aromatic carbocycles. The molecule has 0 fully saturated rings. The van der Waals surface area contributed by atoms with Crippen LogP contribution in [0.5, 0.6) is 0 Å². The second-order valence-electron chi connectivity index (χ2n) is 3.08. The Bertz CT molecular complexity index is 312. The van der Waals surface area contributed by atoms with Crippen LogP contribution in [0.2, 0.25) is 0 Å². The van der Waals surface area contributed by atoms with Gasteiger partial charge in [0.25, 0.3) is 0 Å². The van der Waals surface area contributed by atoms with Crippen molar-refractivity contribution in [1.29, 1.82) is 0 Å². The van der Waals surface area contributed by atoms with Gasteiger partial charge in [-0.1, -0.05) is 0 Å². The van der Waals surface area contributed by atoms with Gasteiger partial charge in [0.1, 0.15) is 0 Å². The summed E-state index contributed by atoms with van der Waals surface area (Å²) in [5.74, 6) is 2.59. The maximum atomic E-state index is 5.95. The Morgan fingerprint density at radius 1 is 1.69 bits per heavy atom. The normalized spacial score (nSPS) is 12.1. The van der Waals surface area contributed by atoms with Crippen molar-refractivity contribution in [2.24, 2.45) is 5.73 Å². The highest BCUT2D eigenvalue weighted by molar-refractivity contribution is 5.24. The maximum absolute atomic E-state index is 5.95. The van der Waals surface area contributed by atoms with Crippen LogP contribution in [0.25, 0.3) is 0 Å². The van der Waals surface area contributed by atoms with E-state index in [1.807, 2.05) is 19.2 Å². The second-order valence-corrected chi connectivity index (χ2v) is 3.08. The molecule has 2 nitrogen and oxygen atoms in total. The molecule has 68 valence electrons. The SMILES string of the molecule is C#CCCC(N)c1cnccc1C. The molecule has 0 saturated carbocycles. The number of rotatable bonds is 3. The van der Waals surface area contributed by atoms with E-state index >= 15 is 0 Å². The van der Waals surface area contributed by atoms with Gasteiger partial charge < -0.3 is 5.73 Å². The predicted molar refractivity (Wildman–Crippen MR) is 54.0 cm³/mol. The smallest absolute Gasteiger partial charge is 0.0321 e. The standard InChI is InChI=1S/C11H14N2/c1-3-4-5-11(12)10-8-13-7-6-9(10)2/h1,6-8,11H,4-5,12H2,2H3. The first kappa shape index (κ1) is 9.76. The lowest BCUT2D eigenvalue weighted by molar-refractivity contribution is 0.661. The zero-order chi connectivity index (χ0) is 9.68.